The van der Waals surface area contributed by atoms with Crippen molar-refractivity contribution in [3.05, 3.63) is 16.1 Å². The van der Waals surface area contributed by atoms with E-state index in [4.69, 9.17) is 9.84 Å². The van der Waals surface area contributed by atoms with Crippen molar-refractivity contribution in [1.29, 1.82) is 0 Å². The van der Waals surface area contributed by atoms with E-state index < -0.39 is 5.97 Å². The standard InChI is InChI=1S/C10H14N2O4S/c1-6(2)16-4-8(13)11-3-9-12-7(5-17-9)10(14)15/h5-6H,3-4H2,1-2H3,(H,11,13)(H,14,15). The zero-order valence-electron chi connectivity index (χ0n) is 9.60. The van der Waals surface area contributed by atoms with Crippen LogP contribution in [0.5, 0.6) is 0 Å². The van der Waals surface area contributed by atoms with Gasteiger partial charge in [0, 0.05) is 5.38 Å². The summed E-state index contributed by atoms with van der Waals surface area (Å²) in [5, 5.41) is 13.3. The Morgan fingerprint density at radius 3 is 2.82 bits per heavy atom. The van der Waals surface area contributed by atoms with Crippen molar-refractivity contribution in [2.45, 2.75) is 26.5 Å². The lowest BCUT2D eigenvalue weighted by Gasteiger charge is -2.07. The number of carboxylic acid groups (broad SMARTS) is 1. The average Bonchev–Trinajstić information content (AvgIpc) is 2.72. The first-order valence-electron chi connectivity index (χ1n) is 5.05. The van der Waals surface area contributed by atoms with Gasteiger partial charge < -0.3 is 15.2 Å². The molecule has 0 unspecified atom stereocenters. The molecular weight excluding hydrogens is 244 g/mol. The van der Waals surface area contributed by atoms with E-state index in [-0.39, 0.29) is 30.9 Å². The molecule has 1 aromatic heterocycles. The molecule has 0 radical (unpaired) electrons. The topological polar surface area (TPSA) is 88.5 Å². The number of nitrogens with zero attached hydrogens (tertiary/aromatic N) is 1. The fraction of sp³-hybridized carbons (Fsp3) is 0.500. The lowest BCUT2D eigenvalue weighted by atomic mass is 10.5. The van der Waals surface area contributed by atoms with Gasteiger partial charge in [0.05, 0.1) is 12.6 Å². The maximum absolute atomic E-state index is 11.3. The molecule has 0 aliphatic rings. The second-order valence-corrected chi connectivity index (χ2v) is 4.51. The fourth-order valence-corrected chi connectivity index (χ4v) is 1.67. The summed E-state index contributed by atoms with van der Waals surface area (Å²) >= 11 is 1.20. The highest BCUT2D eigenvalue weighted by Gasteiger charge is 2.09. The molecule has 1 aromatic rings. The average molecular weight is 258 g/mol. The smallest absolute Gasteiger partial charge is 0.355 e. The Morgan fingerprint density at radius 2 is 2.29 bits per heavy atom. The Balaban J connectivity index is 2.34. The number of hydrogen-bond donors (Lipinski definition) is 2. The third-order valence-corrected chi connectivity index (χ3v) is 2.60. The zero-order valence-corrected chi connectivity index (χ0v) is 10.4. The van der Waals surface area contributed by atoms with Gasteiger partial charge in [0.25, 0.3) is 0 Å². The summed E-state index contributed by atoms with van der Waals surface area (Å²) in [5.41, 5.74) is -0.00215. The second kappa shape index (κ2) is 6.31. The Hall–Kier alpha value is -1.47. The molecule has 2 N–H and O–H groups in total. The van der Waals surface area contributed by atoms with Crippen LogP contribution >= 0.6 is 11.3 Å². The minimum absolute atomic E-state index is 0.000717. The molecule has 0 atom stereocenters. The van der Waals surface area contributed by atoms with Crippen molar-refractivity contribution in [3.63, 3.8) is 0 Å². The monoisotopic (exact) mass is 258 g/mol. The van der Waals surface area contributed by atoms with Crippen LogP contribution in [0.15, 0.2) is 5.38 Å². The Morgan fingerprint density at radius 1 is 1.59 bits per heavy atom. The van der Waals surface area contributed by atoms with Crippen LogP contribution in [0.2, 0.25) is 0 Å². The van der Waals surface area contributed by atoms with Crippen LogP contribution in [0.3, 0.4) is 0 Å². The third-order valence-electron chi connectivity index (χ3n) is 1.76. The molecule has 17 heavy (non-hydrogen) atoms. The van der Waals surface area contributed by atoms with Crippen molar-refractivity contribution < 1.29 is 19.4 Å². The molecule has 7 heteroatoms. The summed E-state index contributed by atoms with van der Waals surface area (Å²) in [5.74, 6) is -1.31. The molecule has 1 heterocycles. The number of aromatic carboxylic acids is 1. The normalized spacial score (nSPS) is 10.5. The van der Waals surface area contributed by atoms with Crippen LogP contribution in [0.25, 0.3) is 0 Å². The maximum atomic E-state index is 11.3. The first kappa shape index (κ1) is 13.6. The van der Waals surface area contributed by atoms with Gasteiger partial charge in [0.2, 0.25) is 5.91 Å². The molecule has 0 fully saturated rings. The number of carbonyl (C=O) groups excluding carboxylic acids is 1. The molecular formula is C10H14N2O4S. The van der Waals surface area contributed by atoms with Crippen LogP contribution in [-0.4, -0.2) is 34.7 Å². The van der Waals surface area contributed by atoms with E-state index >= 15 is 0 Å². The first-order chi connectivity index (χ1) is 7.99. The largest absolute Gasteiger partial charge is 0.476 e. The number of amides is 1. The van der Waals surface area contributed by atoms with Gasteiger partial charge >= 0.3 is 5.97 Å². The first-order valence-corrected chi connectivity index (χ1v) is 5.93. The minimum Gasteiger partial charge on any atom is -0.476 e. The summed E-state index contributed by atoms with van der Waals surface area (Å²) in [7, 11) is 0. The zero-order chi connectivity index (χ0) is 12.8. The number of rotatable bonds is 6. The molecule has 1 rings (SSSR count). The summed E-state index contributed by atoms with van der Waals surface area (Å²) in [6.07, 6.45) is -0.000717. The van der Waals surface area contributed by atoms with Crippen molar-refractivity contribution in [3.8, 4) is 0 Å². The van der Waals surface area contributed by atoms with E-state index in [1.807, 2.05) is 13.8 Å². The lowest BCUT2D eigenvalue weighted by molar-refractivity contribution is -0.127. The second-order valence-electron chi connectivity index (χ2n) is 3.57. The van der Waals surface area contributed by atoms with Crippen LogP contribution in [0.4, 0.5) is 0 Å². The van der Waals surface area contributed by atoms with Crippen LogP contribution in [0, 0.1) is 0 Å². The van der Waals surface area contributed by atoms with Crippen molar-refractivity contribution in [2.75, 3.05) is 6.61 Å². The summed E-state index contributed by atoms with van der Waals surface area (Å²) < 4.78 is 5.11. The molecule has 94 valence electrons. The molecule has 1 amide bonds. The van der Waals surface area contributed by atoms with E-state index in [0.29, 0.717) is 5.01 Å². The maximum Gasteiger partial charge on any atom is 0.355 e. The van der Waals surface area contributed by atoms with Gasteiger partial charge in [0.1, 0.15) is 11.6 Å². The van der Waals surface area contributed by atoms with E-state index in [1.54, 1.807) is 0 Å². The van der Waals surface area contributed by atoms with Gasteiger partial charge in [-0.2, -0.15) is 0 Å². The van der Waals surface area contributed by atoms with E-state index in [1.165, 1.54) is 16.7 Å². The number of aromatic nitrogens is 1. The van der Waals surface area contributed by atoms with Gasteiger partial charge in [-0.25, -0.2) is 9.78 Å². The summed E-state index contributed by atoms with van der Waals surface area (Å²) in [4.78, 5) is 25.7. The highest BCUT2D eigenvalue weighted by atomic mass is 32.1. The van der Waals surface area contributed by atoms with Crippen LogP contribution in [0.1, 0.15) is 29.3 Å². The van der Waals surface area contributed by atoms with Crippen LogP contribution < -0.4 is 5.32 Å². The van der Waals surface area contributed by atoms with Gasteiger partial charge in [-0.1, -0.05) is 0 Å². The third kappa shape index (κ3) is 4.92. The molecule has 0 saturated carbocycles. The van der Waals surface area contributed by atoms with Crippen molar-refractivity contribution >= 4 is 23.2 Å². The highest BCUT2D eigenvalue weighted by molar-refractivity contribution is 7.09. The van der Waals surface area contributed by atoms with E-state index in [9.17, 15) is 9.59 Å². The van der Waals surface area contributed by atoms with Crippen LogP contribution in [-0.2, 0) is 16.1 Å². The molecule has 0 aromatic carbocycles. The van der Waals surface area contributed by atoms with E-state index in [0.717, 1.165) is 0 Å². The van der Waals surface area contributed by atoms with Gasteiger partial charge in [-0.15, -0.1) is 11.3 Å². The molecule has 6 nitrogen and oxygen atoms in total. The molecule has 0 saturated heterocycles. The predicted molar refractivity (Wildman–Crippen MR) is 62.0 cm³/mol. The summed E-state index contributed by atoms with van der Waals surface area (Å²) in [6.45, 7) is 3.90. The van der Waals surface area contributed by atoms with Crippen molar-refractivity contribution in [1.82, 2.24) is 10.3 Å². The van der Waals surface area contributed by atoms with Crippen molar-refractivity contribution in [2.24, 2.45) is 0 Å². The van der Waals surface area contributed by atoms with E-state index in [2.05, 4.69) is 10.3 Å². The number of carboxylic acids is 1. The number of ether oxygens (including phenoxy) is 1. The Bertz CT molecular complexity index is 403. The van der Waals surface area contributed by atoms with Gasteiger partial charge in [-0.05, 0) is 13.8 Å². The number of nitrogens with one attached hydrogen (secondary N) is 1. The Kier molecular flexibility index (Phi) is 5.05. The predicted octanol–water partition coefficient (Wildman–Crippen LogP) is 0.883. The quantitative estimate of drug-likeness (QED) is 0.790. The molecule has 0 aliphatic heterocycles. The number of carbonyl (C=O) groups is 2. The minimum atomic E-state index is -1.07. The lowest BCUT2D eigenvalue weighted by Crippen LogP contribution is -2.28. The highest BCUT2D eigenvalue weighted by Crippen LogP contribution is 2.09. The molecule has 0 spiro atoms. The van der Waals surface area contributed by atoms with Gasteiger partial charge in [0.15, 0.2) is 5.69 Å². The van der Waals surface area contributed by atoms with Gasteiger partial charge in [-0.3, -0.25) is 4.79 Å². The Labute approximate surface area is 103 Å². The summed E-state index contributed by atoms with van der Waals surface area (Å²) in [6, 6.07) is 0. The molecule has 0 aliphatic carbocycles. The molecule has 0 bridgehead atoms. The SMILES string of the molecule is CC(C)OCC(=O)NCc1nc(C(=O)O)cs1. The number of thiazole rings is 1. The number of hydrogen-bond acceptors (Lipinski definition) is 5. The fourth-order valence-electron chi connectivity index (χ4n) is 0.958.